The highest BCUT2D eigenvalue weighted by molar-refractivity contribution is 7.90. The van der Waals surface area contributed by atoms with Gasteiger partial charge in [0.2, 0.25) is 0 Å². The van der Waals surface area contributed by atoms with E-state index in [0.717, 1.165) is 25.4 Å². The monoisotopic (exact) mass is 246 g/mol. The van der Waals surface area contributed by atoms with Crippen molar-refractivity contribution in [1.82, 2.24) is 10.2 Å². The fourth-order valence-electron chi connectivity index (χ4n) is 2.82. The quantitative estimate of drug-likeness (QED) is 0.699. The van der Waals surface area contributed by atoms with Crippen molar-refractivity contribution in [2.75, 3.05) is 38.2 Å². The van der Waals surface area contributed by atoms with E-state index in [9.17, 15) is 8.42 Å². The molecule has 0 saturated carbocycles. The minimum atomic E-state index is -2.79. The van der Waals surface area contributed by atoms with E-state index in [-0.39, 0.29) is 0 Å². The zero-order chi connectivity index (χ0) is 11.6. The number of sulfone groups is 1. The van der Waals surface area contributed by atoms with E-state index in [2.05, 4.69) is 10.2 Å². The van der Waals surface area contributed by atoms with Gasteiger partial charge in [0.05, 0.1) is 5.75 Å². The molecule has 0 radical (unpaired) electrons. The summed E-state index contributed by atoms with van der Waals surface area (Å²) in [5, 5.41) is 3.52. The Morgan fingerprint density at radius 1 is 1.31 bits per heavy atom. The van der Waals surface area contributed by atoms with Crippen LogP contribution in [0.5, 0.6) is 0 Å². The number of rotatable bonds is 5. The van der Waals surface area contributed by atoms with E-state index in [0.29, 0.717) is 11.8 Å². The number of nitrogens with one attached hydrogen (secondary N) is 1. The van der Waals surface area contributed by atoms with E-state index in [1.54, 1.807) is 0 Å². The molecule has 94 valence electrons. The Morgan fingerprint density at radius 3 is 2.50 bits per heavy atom. The highest BCUT2D eigenvalue weighted by Gasteiger charge is 2.33. The van der Waals surface area contributed by atoms with E-state index >= 15 is 0 Å². The number of hydrogen-bond donors (Lipinski definition) is 1. The lowest BCUT2D eigenvalue weighted by molar-refractivity contribution is 0.0730. The molecule has 1 atom stereocenters. The average Bonchev–Trinajstić information content (AvgIpc) is 2.25. The molecule has 3 aliphatic heterocycles. The van der Waals surface area contributed by atoms with Gasteiger partial charge >= 0.3 is 0 Å². The van der Waals surface area contributed by atoms with Gasteiger partial charge in [0.25, 0.3) is 0 Å². The Hall–Kier alpha value is -0.130. The topological polar surface area (TPSA) is 49.4 Å². The van der Waals surface area contributed by atoms with Gasteiger partial charge < -0.3 is 10.2 Å². The molecular weight excluding hydrogens is 224 g/mol. The second-order valence-electron chi connectivity index (χ2n) is 5.18. The van der Waals surface area contributed by atoms with Crippen molar-refractivity contribution in [2.24, 2.45) is 5.92 Å². The molecule has 0 aliphatic carbocycles. The summed E-state index contributed by atoms with van der Waals surface area (Å²) in [6, 6.07) is 0.599. The summed E-state index contributed by atoms with van der Waals surface area (Å²) in [6.45, 7) is 4.50. The second kappa shape index (κ2) is 5.02. The minimum absolute atomic E-state index is 0.307. The molecule has 1 unspecified atom stereocenters. The molecule has 3 rings (SSSR count). The average molecular weight is 246 g/mol. The summed E-state index contributed by atoms with van der Waals surface area (Å²) in [7, 11) is -2.79. The van der Waals surface area contributed by atoms with Crippen molar-refractivity contribution in [3.05, 3.63) is 0 Å². The Bertz CT molecular complexity index is 321. The molecule has 0 aromatic carbocycles. The van der Waals surface area contributed by atoms with Crippen molar-refractivity contribution >= 4 is 9.84 Å². The summed E-state index contributed by atoms with van der Waals surface area (Å²) < 4.78 is 21.9. The van der Waals surface area contributed by atoms with E-state index in [1.165, 1.54) is 32.2 Å². The number of fused-ring (bicyclic) bond motifs is 3. The second-order valence-corrected chi connectivity index (χ2v) is 7.44. The molecule has 3 fully saturated rings. The van der Waals surface area contributed by atoms with Crippen molar-refractivity contribution in [3.8, 4) is 0 Å². The van der Waals surface area contributed by atoms with Crippen LogP contribution in [-0.2, 0) is 9.84 Å². The van der Waals surface area contributed by atoms with Crippen LogP contribution >= 0.6 is 0 Å². The van der Waals surface area contributed by atoms with Gasteiger partial charge in [0.1, 0.15) is 9.84 Å². The van der Waals surface area contributed by atoms with Crippen LogP contribution in [0.1, 0.15) is 19.3 Å². The van der Waals surface area contributed by atoms with Gasteiger partial charge in [-0.05, 0) is 44.8 Å². The Labute approximate surface area is 98.3 Å². The molecular formula is C11H22N2O2S. The van der Waals surface area contributed by atoms with E-state index < -0.39 is 9.84 Å². The van der Waals surface area contributed by atoms with E-state index in [4.69, 9.17) is 0 Å². The molecule has 4 nitrogen and oxygen atoms in total. The first-order valence-corrected chi connectivity index (χ1v) is 8.24. The zero-order valence-electron chi connectivity index (χ0n) is 9.98. The SMILES string of the molecule is CS(=O)(=O)CCCNC1CN2CCC1CC2. The molecule has 5 heteroatoms. The van der Waals surface area contributed by atoms with Crippen LogP contribution in [0.2, 0.25) is 0 Å². The lowest BCUT2D eigenvalue weighted by Gasteiger charge is -2.45. The van der Waals surface area contributed by atoms with Crippen molar-refractivity contribution in [1.29, 1.82) is 0 Å². The summed E-state index contributed by atoms with van der Waals surface area (Å²) in [4.78, 5) is 2.51. The summed E-state index contributed by atoms with van der Waals surface area (Å²) in [5.41, 5.74) is 0. The Balaban J connectivity index is 1.67. The van der Waals surface area contributed by atoms with Gasteiger partial charge in [0.15, 0.2) is 0 Å². The minimum Gasteiger partial charge on any atom is -0.312 e. The van der Waals surface area contributed by atoms with Crippen LogP contribution in [0, 0.1) is 5.92 Å². The van der Waals surface area contributed by atoms with Gasteiger partial charge in [-0.1, -0.05) is 0 Å². The molecule has 3 saturated heterocycles. The smallest absolute Gasteiger partial charge is 0.147 e. The fourth-order valence-corrected chi connectivity index (χ4v) is 3.49. The predicted molar refractivity (Wildman–Crippen MR) is 65.3 cm³/mol. The number of hydrogen-bond acceptors (Lipinski definition) is 4. The molecule has 0 aromatic rings. The maximum absolute atomic E-state index is 11.0. The molecule has 16 heavy (non-hydrogen) atoms. The summed E-state index contributed by atoms with van der Waals surface area (Å²) >= 11 is 0. The third-order valence-corrected chi connectivity index (χ3v) is 4.78. The van der Waals surface area contributed by atoms with Crippen LogP contribution in [0.4, 0.5) is 0 Å². The molecule has 3 aliphatic rings. The Kier molecular flexibility index (Phi) is 3.87. The fraction of sp³-hybridized carbons (Fsp3) is 1.00. The maximum atomic E-state index is 11.0. The third kappa shape index (κ3) is 3.43. The van der Waals surface area contributed by atoms with Gasteiger partial charge in [-0.3, -0.25) is 0 Å². The molecule has 0 amide bonds. The van der Waals surface area contributed by atoms with E-state index in [1.807, 2.05) is 0 Å². The highest BCUT2D eigenvalue weighted by Crippen LogP contribution is 2.27. The number of nitrogens with zero attached hydrogens (tertiary/aromatic N) is 1. The zero-order valence-corrected chi connectivity index (χ0v) is 10.8. The molecule has 2 bridgehead atoms. The first-order chi connectivity index (χ1) is 7.54. The third-order valence-electron chi connectivity index (χ3n) is 3.75. The van der Waals surface area contributed by atoms with Crippen molar-refractivity contribution < 1.29 is 8.42 Å². The van der Waals surface area contributed by atoms with Gasteiger partial charge in [-0.2, -0.15) is 0 Å². The summed E-state index contributed by atoms with van der Waals surface area (Å²) in [5.74, 6) is 1.13. The van der Waals surface area contributed by atoms with Gasteiger partial charge in [-0.25, -0.2) is 8.42 Å². The largest absolute Gasteiger partial charge is 0.312 e. The van der Waals surface area contributed by atoms with Gasteiger partial charge in [0, 0.05) is 18.8 Å². The Morgan fingerprint density at radius 2 is 2.00 bits per heavy atom. The normalized spacial score (nSPS) is 34.2. The molecule has 0 spiro atoms. The van der Waals surface area contributed by atoms with Crippen molar-refractivity contribution in [2.45, 2.75) is 25.3 Å². The van der Waals surface area contributed by atoms with Gasteiger partial charge in [-0.15, -0.1) is 0 Å². The number of piperidine rings is 3. The molecule has 3 heterocycles. The lowest BCUT2D eigenvalue weighted by Crippen LogP contribution is -2.56. The van der Waals surface area contributed by atoms with Crippen LogP contribution in [-0.4, -0.2) is 57.5 Å². The summed E-state index contributed by atoms with van der Waals surface area (Å²) in [6.07, 6.45) is 4.66. The van der Waals surface area contributed by atoms with Crippen LogP contribution < -0.4 is 5.32 Å². The van der Waals surface area contributed by atoms with Crippen LogP contribution in [0.25, 0.3) is 0 Å². The van der Waals surface area contributed by atoms with Crippen molar-refractivity contribution in [3.63, 3.8) is 0 Å². The molecule has 1 N–H and O–H groups in total. The molecule has 0 aromatic heterocycles. The van der Waals surface area contributed by atoms with Crippen LogP contribution in [0.15, 0.2) is 0 Å². The van der Waals surface area contributed by atoms with Crippen LogP contribution in [0.3, 0.4) is 0 Å². The predicted octanol–water partition coefficient (Wildman–Crippen LogP) is 0.105. The lowest BCUT2D eigenvalue weighted by atomic mass is 9.84. The first-order valence-electron chi connectivity index (χ1n) is 6.18. The highest BCUT2D eigenvalue weighted by atomic mass is 32.2. The standard InChI is InChI=1S/C11H22N2O2S/c1-16(14,15)8-2-5-12-11-9-13-6-3-10(11)4-7-13/h10-12H,2-9H2,1H3. The maximum Gasteiger partial charge on any atom is 0.147 e. The first kappa shape index (κ1) is 12.3.